The molecule has 0 aliphatic heterocycles. The van der Waals surface area contributed by atoms with E-state index in [0.717, 1.165) is 0 Å². The summed E-state index contributed by atoms with van der Waals surface area (Å²) in [7, 11) is 0. The summed E-state index contributed by atoms with van der Waals surface area (Å²) in [4.78, 5) is 0. The van der Waals surface area contributed by atoms with Gasteiger partial charge in [0.1, 0.15) is 16.3 Å². The fourth-order valence-electron chi connectivity index (χ4n) is 0. The predicted octanol–water partition coefficient (Wildman–Crippen LogP) is 1.56. The molecule has 0 saturated heterocycles. The van der Waals surface area contributed by atoms with Crippen LogP contribution in [-0.4, -0.2) is 16.3 Å². The molecule has 0 nitrogen and oxygen atoms in total. The number of rotatable bonds is 1. The third-order valence-corrected chi connectivity index (χ3v) is 0.866. The molecule has 0 atom stereocenters. The van der Waals surface area contributed by atoms with Gasteiger partial charge in [0, 0.05) is 0 Å². The molecule has 0 aromatic rings. The maximum Gasteiger partial charge on any atom is 0.118 e. The monoisotopic (exact) mass is 150 g/mol. The van der Waals surface area contributed by atoms with Crippen LogP contribution >= 0.6 is 17.0 Å². The summed E-state index contributed by atoms with van der Waals surface area (Å²) in [6.07, 6.45) is 1.28. The van der Waals surface area contributed by atoms with Gasteiger partial charge in [-0.3, -0.25) is 0 Å². The molecule has 0 N–H and O–H groups in total. The van der Waals surface area contributed by atoms with E-state index in [2.05, 4.69) is 23.2 Å². The molecular weight excluding hydrogens is 143 g/mol. The summed E-state index contributed by atoms with van der Waals surface area (Å²) in [5.41, 5.74) is 0. The number of hydrogen-bond donors (Lipinski definition) is 0. The Morgan fingerprint density at radius 1 is 1.60 bits per heavy atom. The first kappa shape index (κ1) is 9.38. The van der Waals surface area contributed by atoms with Gasteiger partial charge in [-0.1, -0.05) is 13.3 Å². The first-order valence-corrected chi connectivity index (χ1v) is 2.43. The highest BCUT2D eigenvalue weighted by atomic mass is 79.9. The highest BCUT2D eigenvalue weighted by Gasteiger charge is 1.56. The molecule has 0 aliphatic carbocycles. The van der Waals surface area contributed by atoms with E-state index in [1.807, 2.05) is 0 Å². The minimum Gasteiger partial charge on any atom is -0.118 e. The van der Waals surface area contributed by atoms with Crippen LogP contribution in [0.15, 0.2) is 0 Å². The van der Waals surface area contributed by atoms with Crippen LogP contribution in [0.25, 0.3) is 0 Å². The molecule has 0 amide bonds. The molecule has 0 rings (SSSR count). The Morgan fingerprint density at radius 2 is 1.80 bits per heavy atom. The Morgan fingerprint density at radius 3 is 1.80 bits per heavy atom. The second-order valence-corrected chi connectivity index (χ2v) is 1.37. The lowest BCUT2D eigenvalue weighted by atomic mass is 10.6. The highest BCUT2D eigenvalue weighted by Crippen LogP contribution is 1.73. The maximum absolute atomic E-state index is 2.66. The first-order chi connectivity index (χ1) is 1.91. The molecular formula is C3H8AlBr. The Hall–Kier alpha value is 1.01. The van der Waals surface area contributed by atoms with E-state index < -0.39 is 0 Å². The van der Waals surface area contributed by atoms with Crippen molar-refractivity contribution in [2.45, 2.75) is 18.6 Å². The lowest BCUT2D eigenvalue weighted by Gasteiger charge is -1.68. The lowest BCUT2D eigenvalue weighted by Crippen LogP contribution is -1.55. The van der Waals surface area contributed by atoms with Gasteiger partial charge in [-0.25, -0.2) is 0 Å². The van der Waals surface area contributed by atoms with E-state index in [4.69, 9.17) is 0 Å². The zero-order chi connectivity index (χ0) is 3.41. The normalized spacial score (nSPS) is 5.80. The van der Waals surface area contributed by atoms with Gasteiger partial charge in [-0.2, -0.15) is 0 Å². The molecule has 2 heteroatoms. The maximum atomic E-state index is 2.66. The van der Waals surface area contributed by atoms with Gasteiger partial charge in [0.05, 0.1) is 0 Å². The molecule has 2 radical (unpaired) electrons. The van der Waals surface area contributed by atoms with Crippen LogP contribution in [0.4, 0.5) is 0 Å². The topological polar surface area (TPSA) is 0 Å². The van der Waals surface area contributed by atoms with E-state index in [-0.39, 0.29) is 17.0 Å². The van der Waals surface area contributed by atoms with Crippen molar-refractivity contribution in [3.63, 3.8) is 0 Å². The van der Waals surface area contributed by atoms with Gasteiger partial charge < -0.3 is 0 Å². The summed E-state index contributed by atoms with van der Waals surface area (Å²) in [5, 5.41) is 1.24. The quantitative estimate of drug-likeness (QED) is 0.499. The standard InChI is InChI=1S/C3H7.Al.BrH/c1-3-2;;/h1,3H2,2H3;;1H. The third kappa shape index (κ3) is 11.2. The number of halogens is 1. The van der Waals surface area contributed by atoms with Gasteiger partial charge in [-0.05, 0) is 0 Å². The molecule has 0 aromatic carbocycles. The Labute approximate surface area is 52.1 Å². The van der Waals surface area contributed by atoms with Crippen LogP contribution in [0.3, 0.4) is 0 Å². The summed E-state index contributed by atoms with van der Waals surface area (Å²) in [5.74, 6) is 0. The van der Waals surface area contributed by atoms with E-state index >= 15 is 0 Å². The molecule has 0 fully saturated rings. The van der Waals surface area contributed by atoms with Gasteiger partial charge in [0.25, 0.3) is 0 Å². The smallest absolute Gasteiger partial charge is 0.118 e. The second-order valence-electron chi connectivity index (χ2n) is 0.789. The van der Waals surface area contributed by atoms with Crippen molar-refractivity contribution in [3.8, 4) is 0 Å². The predicted molar refractivity (Wildman–Crippen MR) is 31.2 cm³/mol. The van der Waals surface area contributed by atoms with E-state index in [9.17, 15) is 0 Å². The van der Waals surface area contributed by atoms with Gasteiger partial charge in [0.2, 0.25) is 0 Å². The van der Waals surface area contributed by atoms with Gasteiger partial charge in [0.15, 0.2) is 0 Å². The first-order valence-electron chi connectivity index (χ1n) is 1.62. The van der Waals surface area contributed by atoms with Gasteiger partial charge >= 0.3 is 0 Å². The zero-order valence-corrected chi connectivity index (χ0v) is 6.27. The van der Waals surface area contributed by atoms with Crippen LogP contribution in [0.5, 0.6) is 0 Å². The summed E-state index contributed by atoms with van der Waals surface area (Å²) >= 11 is 2.66. The van der Waals surface area contributed by atoms with Crippen molar-refractivity contribution >= 4 is 33.3 Å². The molecule has 0 bridgehead atoms. The highest BCUT2D eigenvalue weighted by molar-refractivity contribution is 8.93. The van der Waals surface area contributed by atoms with Gasteiger partial charge in [-0.15, -0.1) is 22.3 Å². The van der Waals surface area contributed by atoms with Crippen molar-refractivity contribution < 1.29 is 0 Å². The zero-order valence-electron chi connectivity index (χ0n) is 3.40. The Kier molecular flexibility index (Phi) is 16.7. The fraction of sp³-hybridized carbons (Fsp3) is 1.00. The molecule has 0 aromatic heterocycles. The minimum atomic E-state index is 0. The van der Waals surface area contributed by atoms with Crippen LogP contribution in [-0.2, 0) is 0 Å². The molecule has 30 valence electrons. The van der Waals surface area contributed by atoms with Crippen molar-refractivity contribution in [1.29, 1.82) is 0 Å². The average Bonchev–Trinajstić information content (AvgIpc) is 1.37. The molecule has 0 spiro atoms. The third-order valence-electron chi connectivity index (χ3n) is 0.289. The SMILES string of the molecule is Br.CC[CH2][Al]. The Bertz CT molecular complexity index is 8.85. The Balaban J connectivity index is 0. The van der Waals surface area contributed by atoms with E-state index in [1.165, 1.54) is 11.7 Å². The van der Waals surface area contributed by atoms with Crippen molar-refractivity contribution in [2.24, 2.45) is 0 Å². The van der Waals surface area contributed by atoms with Crippen LogP contribution in [0.2, 0.25) is 5.28 Å². The lowest BCUT2D eigenvalue weighted by molar-refractivity contribution is 1.08. The summed E-state index contributed by atoms with van der Waals surface area (Å²) < 4.78 is 0. The van der Waals surface area contributed by atoms with Crippen LogP contribution in [0.1, 0.15) is 13.3 Å². The number of hydrogen-bond acceptors (Lipinski definition) is 0. The van der Waals surface area contributed by atoms with E-state index in [0.29, 0.717) is 0 Å². The van der Waals surface area contributed by atoms with Crippen LogP contribution < -0.4 is 0 Å². The molecule has 0 unspecified atom stereocenters. The molecule has 0 saturated carbocycles. The average molecular weight is 151 g/mol. The van der Waals surface area contributed by atoms with Crippen molar-refractivity contribution in [1.82, 2.24) is 0 Å². The van der Waals surface area contributed by atoms with E-state index in [1.54, 1.807) is 0 Å². The fourth-order valence-corrected chi connectivity index (χ4v) is 0. The second kappa shape index (κ2) is 8.89. The molecule has 0 aliphatic rings. The minimum absolute atomic E-state index is 0. The van der Waals surface area contributed by atoms with Crippen molar-refractivity contribution in [2.75, 3.05) is 0 Å². The summed E-state index contributed by atoms with van der Waals surface area (Å²) in [6.45, 7) is 2.16. The largest absolute Gasteiger partial charge is 0.118 e. The van der Waals surface area contributed by atoms with Crippen molar-refractivity contribution in [3.05, 3.63) is 0 Å². The molecule has 5 heavy (non-hydrogen) atoms. The molecule has 0 heterocycles. The van der Waals surface area contributed by atoms with Crippen LogP contribution in [0, 0.1) is 0 Å². The summed E-state index contributed by atoms with van der Waals surface area (Å²) in [6, 6.07) is 0.